The molecule has 0 spiro atoms. The van der Waals surface area contributed by atoms with Crippen LogP contribution in [0.5, 0.6) is 5.75 Å². The molecule has 2 rings (SSSR count). The summed E-state index contributed by atoms with van der Waals surface area (Å²) in [5, 5.41) is 9.64. The van der Waals surface area contributed by atoms with Gasteiger partial charge in [0, 0.05) is 6.54 Å². The monoisotopic (exact) mass is 339 g/mol. The Morgan fingerprint density at radius 1 is 1.27 bits per heavy atom. The number of benzene rings is 1. The molecule has 1 aromatic carbocycles. The number of sulfonamides is 1. The minimum atomic E-state index is -4.82. The maximum atomic E-state index is 12.0. The van der Waals surface area contributed by atoms with Crippen LogP contribution in [0.2, 0.25) is 0 Å². The van der Waals surface area contributed by atoms with Gasteiger partial charge in [-0.2, -0.15) is 0 Å². The lowest BCUT2D eigenvalue weighted by atomic mass is 10.2. The van der Waals surface area contributed by atoms with Gasteiger partial charge in [0.05, 0.1) is 11.0 Å². The molecule has 1 aliphatic carbocycles. The van der Waals surface area contributed by atoms with Gasteiger partial charge in [0.1, 0.15) is 5.75 Å². The van der Waals surface area contributed by atoms with Crippen LogP contribution in [0.3, 0.4) is 0 Å². The molecule has 2 N–H and O–H groups in total. The standard InChI is InChI=1S/C13H16F3NO4S/c14-13(15,16)21-10-3-5-11(6-4-10)22(19,20)17-8-7-12(18)9-1-2-9/h3-6,9,12,17-18H,1-2,7-8H2. The molecule has 0 aromatic heterocycles. The smallest absolute Gasteiger partial charge is 0.406 e. The van der Waals surface area contributed by atoms with Crippen LogP contribution in [-0.4, -0.2) is 32.5 Å². The SMILES string of the molecule is O=S(=O)(NCCC(O)C1CC1)c1ccc(OC(F)(F)F)cc1. The summed E-state index contributed by atoms with van der Waals surface area (Å²) in [7, 11) is -3.82. The first kappa shape index (κ1) is 17.0. The molecular formula is C13H16F3NO4S. The molecule has 1 unspecified atom stereocenters. The summed E-state index contributed by atoms with van der Waals surface area (Å²) in [4.78, 5) is -0.164. The topological polar surface area (TPSA) is 75.6 Å². The van der Waals surface area contributed by atoms with Gasteiger partial charge in [0.15, 0.2) is 0 Å². The van der Waals surface area contributed by atoms with Crippen molar-refractivity contribution in [2.75, 3.05) is 6.54 Å². The van der Waals surface area contributed by atoms with Crippen molar-refractivity contribution in [3.05, 3.63) is 24.3 Å². The van der Waals surface area contributed by atoms with E-state index in [0.717, 1.165) is 37.1 Å². The molecule has 22 heavy (non-hydrogen) atoms. The predicted octanol–water partition coefficient (Wildman–Crippen LogP) is 2.02. The zero-order valence-electron chi connectivity index (χ0n) is 11.5. The summed E-state index contributed by atoms with van der Waals surface area (Å²) < 4.78 is 65.9. The van der Waals surface area contributed by atoms with Crippen LogP contribution in [0, 0.1) is 5.92 Å². The number of ether oxygens (including phenoxy) is 1. The van der Waals surface area contributed by atoms with Gasteiger partial charge >= 0.3 is 6.36 Å². The van der Waals surface area contributed by atoms with E-state index >= 15 is 0 Å². The van der Waals surface area contributed by atoms with Crippen LogP contribution in [0.1, 0.15) is 19.3 Å². The van der Waals surface area contributed by atoms with Crippen molar-refractivity contribution in [1.82, 2.24) is 4.72 Å². The summed E-state index contributed by atoms with van der Waals surface area (Å²) in [6, 6.07) is 3.92. The summed E-state index contributed by atoms with van der Waals surface area (Å²) in [5.74, 6) is -0.237. The van der Waals surface area contributed by atoms with E-state index in [1.54, 1.807) is 0 Å². The highest BCUT2D eigenvalue weighted by molar-refractivity contribution is 7.89. The lowest BCUT2D eigenvalue weighted by Gasteiger charge is -2.11. The van der Waals surface area contributed by atoms with Crippen molar-refractivity contribution in [1.29, 1.82) is 0 Å². The van der Waals surface area contributed by atoms with Gasteiger partial charge in [0.25, 0.3) is 0 Å². The fourth-order valence-electron chi connectivity index (χ4n) is 1.96. The van der Waals surface area contributed by atoms with E-state index in [2.05, 4.69) is 9.46 Å². The van der Waals surface area contributed by atoms with E-state index < -0.39 is 28.2 Å². The maximum absolute atomic E-state index is 12.0. The minimum absolute atomic E-state index is 0.0702. The zero-order chi connectivity index (χ0) is 16.4. The van der Waals surface area contributed by atoms with Crippen molar-refractivity contribution in [2.45, 2.75) is 36.6 Å². The second-order valence-electron chi connectivity index (χ2n) is 5.11. The van der Waals surface area contributed by atoms with E-state index in [-0.39, 0.29) is 17.4 Å². The number of halogens is 3. The van der Waals surface area contributed by atoms with Crippen LogP contribution in [0.4, 0.5) is 13.2 Å². The summed E-state index contributed by atoms with van der Waals surface area (Å²) in [6.07, 6.45) is -3.13. The molecule has 124 valence electrons. The largest absolute Gasteiger partial charge is 0.573 e. The third-order valence-electron chi connectivity index (χ3n) is 3.27. The van der Waals surface area contributed by atoms with Crippen LogP contribution in [0.25, 0.3) is 0 Å². The second-order valence-corrected chi connectivity index (χ2v) is 6.88. The van der Waals surface area contributed by atoms with E-state index in [4.69, 9.17) is 0 Å². The Kier molecular flexibility index (Phi) is 4.98. The lowest BCUT2D eigenvalue weighted by molar-refractivity contribution is -0.274. The molecule has 0 radical (unpaired) electrons. The Morgan fingerprint density at radius 3 is 2.36 bits per heavy atom. The van der Waals surface area contributed by atoms with Crippen molar-refractivity contribution in [3.8, 4) is 5.75 Å². The Bertz CT molecular complexity index is 597. The summed E-state index contributed by atoms with van der Waals surface area (Å²) >= 11 is 0. The predicted molar refractivity (Wildman–Crippen MR) is 71.7 cm³/mol. The first-order chi connectivity index (χ1) is 10.2. The molecule has 0 heterocycles. The van der Waals surface area contributed by atoms with E-state index in [1.807, 2.05) is 0 Å². The molecule has 1 atom stereocenters. The van der Waals surface area contributed by atoms with E-state index in [0.29, 0.717) is 6.42 Å². The molecule has 5 nitrogen and oxygen atoms in total. The minimum Gasteiger partial charge on any atom is -0.406 e. The highest BCUT2D eigenvalue weighted by atomic mass is 32.2. The molecule has 0 amide bonds. The molecule has 1 saturated carbocycles. The van der Waals surface area contributed by atoms with Crippen molar-refractivity contribution in [3.63, 3.8) is 0 Å². The maximum Gasteiger partial charge on any atom is 0.573 e. The molecule has 0 bridgehead atoms. The summed E-state index contributed by atoms with van der Waals surface area (Å²) in [6.45, 7) is 0.0702. The number of hydrogen-bond donors (Lipinski definition) is 2. The van der Waals surface area contributed by atoms with Crippen LogP contribution in [0.15, 0.2) is 29.2 Å². The molecule has 1 aromatic rings. The number of aliphatic hydroxyl groups is 1. The first-order valence-corrected chi connectivity index (χ1v) is 8.19. The average Bonchev–Trinajstić information content (AvgIpc) is 3.21. The quantitative estimate of drug-likeness (QED) is 0.797. The van der Waals surface area contributed by atoms with Gasteiger partial charge in [-0.3, -0.25) is 0 Å². The number of rotatable bonds is 7. The van der Waals surface area contributed by atoms with Crippen molar-refractivity contribution < 1.29 is 31.4 Å². The summed E-state index contributed by atoms with van der Waals surface area (Å²) in [5.41, 5.74) is 0. The van der Waals surface area contributed by atoms with E-state index in [9.17, 15) is 26.7 Å². The first-order valence-electron chi connectivity index (χ1n) is 6.71. The third kappa shape index (κ3) is 5.15. The average molecular weight is 339 g/mol. The molecule has 1 aliphatic rings. The Labute approximate surface area is 126 Å². The molecule has 0 saturated heterocycles. The van der Waals surface area contributed by atoms with Crippen LogP contribution in [-0.2, 0) is 10.0 Å². The zero-order valence-corrected chi connectivity index (χ0v) is 12.3. The molecular weight excluding hydrogens is 323 g/mol. The Balaban J connectivity index is 1.91. The fraction of sp³-hybridized carbons (Fsp3) is 0.538. The number of hydrogen-bond acceptors (Lipinski definition) is 4. The van der Waals surface area contributed by atoms with Gasteiger partial charge in [0.2, 0.25) is 10.0 Å². The van der Waals surface area contributed by atoms with Crippen molar-refractivity contribution in [2.24, 2.45) is 5.92 Å². The highest BCUT2D eigenvalue weighted by Crippen LogP contribution is 2.33. The van der Waals surface area contributed by atoms with Crippen molar-refractivity contribution >= 4 is 10.0 Å². The Morgan fingerprint density at radius 2 is 1.86 bits per heavy atom. The van der Waals surface area contributed by atoms with Crippen LogP contribution < -0.4 is 9.46 Å². The number of nitrogens with one attached hydrogen (secondary N) is 1. The van der Waals surface area contributed by atoms with Gasteiger partial charge in [-0.1, -0.05) is 0 Å². The van der Waals surface area contributed by atoms with E-state index in [1.165, 1.54) is 0 Å². The lowest BCUT2D eigenvalue weighted by Crippen LogP contribution is -2.28. The number of alkyl halides is 3. The molecule has 9 heteroatoms. The molecule has 1 fully saturated rings. The highest BCUT2D eigenvalue weighted by Gasteiger charge is 2.31. The Hall–Kier alpha value is -1.32. The fourth-order valence-corrected chi connectivity index (χ4v) is 3.01. The van der Waals surface area contributed by atoms with Gasteiger partial charge in [-0.15, -0.1) is 13.2 Å². The normalized spacial score (nSPS) is 17.3. The van der Waals surface area contributed by atoms with Gasteiger partial charge in [-0.05, 0) is 49.4 Å². The number of aliphatic hydroxyl groups excluding tert-OH is 1. The van der Waals surface area contributed by atoms with Gasteiger partial charge in [-0.25, -0.2) is 13.1 Å². The molecule has 0 aliphatic heterocycles. The third-order valence-corrected chi connectivity index (χ3v) is 4.74. The van der Waals surface area contributed by atoms with Gasteiger partial charge < -0.3 is 9.84 Å². The second kappa shape index (κ2) is 6.43. The van der Waals surface area contributed by atoms with Crippen LogP contribution >= 0.6 is 0 Å².